The third-order valence-electron chi connectivity index (χ3n) is 4.43. The molecule has 4 N–H and O–H groups in total. The third-order valence-corrected chi connectivity index (χ3v) is 4.43. The first-order valence-corrected chi connectivity index (χ1v) is 8.71. The second-order valence-electron chi connectivity index (χ2n) is 7.28. The molecule has 4 heteroatoms. The predicted molar refractivity (Wildman–Crippen MR) is 113 cm³/mol. The van der Waals surface area contributed by atoms with Gasteiger partial charge in [0, 0.05) is 32.7 Å². The first-order chi connectivity index (χ1) is 12.5. The van der Waals surface area contributed by atoms with E-state index in [4.69, 9.17) is 11.6 Å². The summed E-state index contributed by atoms with van der Waals surface area (Å²) in [4.78, 5) is 0. The Kier molecular flexibility index (Phi) is 9.51. The number of benzene rings is 3. The number of rotatable bonds is 3. The predicted octanol–water partition coefficient (Wildman–Crippen LogP) is 6.78. The fraction of sp³-hybridized carbons (Fsp3) is 0.217. The van der Waals surface area contributed by atoms with Gasteiger partial charge in [-0.1, -0.05) is 99.1 Å². The van der Waals surface area contributed by atoms with Gasteiger partial charge in [0.05, 0.1) is 0 Å². The molecule has 0 aliphatic carbocycles. The fourth-order valence-electron chi connectivity index (χ4n) is 2.88. The Bertz CT molecular complexity index is 819. The molecule has 0 spiro atoms. The van der Waals surface area contributed by atoms with Crippen LogP contribution in [0.5, 0.6) is 0 Å². The van der Waals surface area contributed by atoms with Gasteiger partial charge >= 0.3 is 0 Å². The summed E-state index contributed by atoms with van der Waals surface area (Å²) in [7, 11) is 0. The van der Waals surface area contributed by atoms with Crippen molar-refractivity contribution < 1.29 is 32.7 Å². The maximum atomic E-state index is 7.51. The molecule has 27 heavy (non-hydrogen) atoms. The van der Waals surface area contributed by atoms with Crippen LogP contribution in [-0.2, 0) is 44.7 Å². The van der Waals surface area contributed by atoms with E-state index in [0.717, 1.165) is 5.56 Å². The van der Waals surface area contributed by atoms with Crippen LogP contribution in [0.1, 0.15) is 31.9 Å². The van der Waals surface area contributed by atoms with E-state index in [1.54, 1.807) is 0 Å². The van der Waals surface area contributed by atoms with Crippen LogP contribution in [0.4, 0.5) is 0 Å². The van der Waals surface area contributed by atoms with E-state index < -0.39 is 0 Å². The molecule has 0 heterocycles. The molecular weight excluding hydrogens is 407 g/mol. The van der Waals surface area contributed by atoms with E-state index >= 15 is 0 Å². The van der Waals surface area contributed by atoms with Gasteiger partial charge in [0.25, 0.3) is 0 Å². The summed E-state index contributed by atoms with van der Waals surface area (Å²) >= 11 is 0. The van der Waals surface area contributed by atoms with Gasteiger partial charge in [-0.25, -0.2) is 0 Å². The molecule has 1 radical (unpaired) electrons. The molecule has 0 unspecified atom stereocenters. The molecular formula is C23H27N3Y-2. The minimum atomic E-state index is 0. The van der Waals surface area contributed by atoms with Gasteiger partial charge in [0.15, 0.2) is 0 Å². The summed E-state index contributed by atoms with van der Waals surface area (Å²) in [5, 5.41) is 0. The van der Waals surface area contributed by atoms with E-state index in [-0.39, 0.29) is 38.1 Å². The van der Waals surface area contributed by atoms with Crippen LogP contribution in [0, 0.1) is 0 Å². The van der Waals surface area contributed by atoms with Crippen molar-refractivity contribution >= 4 is 0 Å². The molecule has 0 aliphatic rings. The summed E-state index contributed by atoms with van der Waals surface area (Å²) < 4.78 is 0. The maximum Gasteiger partial charge on any atom is 0 e. The average Bonchev–Trinajstić information content (AvgIpc) is 2.69. The van der Waals surface area contributed by atoms with Crippen LogP contribution >= 0.6 is 0 Å². The maximum absolute atomic E-state index is 7.51. The van der Waals surface area contributed by atoms with Crippen molar-refractivity contribution in [3.05, 3.63) is 95.5 Å². The van der Waals surface area contributed by atoms with Crippen LogP contribution in [-0.4, -0.2) is 0 Å². The molecule has 0 atom stereocenters. The summed E-state index contributed by atoms with van der Waals surface area (Å²) in [6.45, 7) is 7.04. The molecule has 0 bridgehead atoms. The van der Waals surface area contributed by atoms with Gasteiger partial charge in [-0.3, -0.25) is 0 Å². The average molecular weight is 434 g/mol. The van der Waals surface area contributed by atoms with Crippen molar-refractivity contribution in [2.75, 3.05) is 0 Å². The van der Waals surface area contributed by atoms with Crippen LogP contribution in [0.2, 0.25) is 0 Å². The Hall–Kier alpha value is -1.36. The van der Waals surface area contributed by atoms with Gasteiger partial charge in [-0.05, 0) is 33.2 Å². The standard InChI is InChI=1S/C23H24N.H3N2.Y/c1-23(2,3)22-13-11-19(12-14-22)18-7-9-20(10-8-18)21-6-4-5-17(15-21)16-24;1-2;/h4-15,24H,16H2,1-3H3;1H,2H2;/q2*-1;. The van der Waals surface area contributed by atoms with Crippen molar-refractivity contribution in [3.8, 4) is 22.3 Å². The quantitative estimate of drug-likeness (QED) is 0.358. The van der Waals surface area contributed by atoms with Gasteiger partial charge in [-0.2, -0.15) is 0 Å². The van der Waals surface area contributed by atoms with Crippen molar-refractivity contribution in [2.24, 2.45) is 5.84 Å². The SMILES string of the molecule is CC(C)(C)c1ccc(-c2ccc(-c3cccc(C[NH-])c3)cc2)cc1.[NH-]N.[Y]. The van der Waals surface area contributed by atoms with Crippen LogP contribution in [0.15, 0.2) is 72.8 Å². The van der Waals surface area contributed by atoms with E-state index in [9.17, 15) is 0 Å². The van der Waals surface area contributed by atoms with Gasteiger partial charge in [0.1, 0.15) is 0 Å². The molecule has 3 aromatic rings. The summed E-state index contributed by atoms with van der Waals surface area (Å²) in [6, 6.07) is 25.8. The number of nitrogens with two attached hydrogens (primary N) is 1. The number of hydrogen-bond donors (Lipinski definition) is 1. The first kappa shape index (κ1) is 23.7. The largest absolute Gasteiger partial charge is 0.674 e. The number of hydrogen-bond acceptors (Lipinski definition) is 1. The van der Waals surface area contributed by atoms with Crippen molar-refractivity contribution in [1.82, 2.24) is 0 Å². The van der Waals surface area contributed by atoms with E-state index in [0.29, 0.717) is 6.54 Å². The van der Waals surface area contributed by atoms with E-state index in [2.05, 4.69) is 87.3 Å². The van der Waals surface area contributed by atoms with Crippen LogP contribution in [0.3, 0.4) is 0 Å². The Balaban J connectivity index is 0.00000118. The van der Waals surface area contributed by atoms with Gasteiger partial charge in [-0.15, -0.1) is 6.54 Å². The summed E-state index contributed by atoms with van der Waals surface area (Å²) in [5.41, 5.74) is 15.0. The summed E-state index contributed by atoms with van der Waals surface area (Å²) in [5.74, 6) is 9.00. The molecule has 0 aromatic heterocycles. The molecule has 3 aromatic carbocycles. The second kappa shape index (κ2) is 10.8. The molecule has 0 fully saturated rings. The van der Waals surface area contributed by atoms with E-state index in [1.807, 2.05) is 12.1 Å². The topological polar surface area (TPSA) is 73.6 Å². The smallest absolute Gasteiger partial charge is 0 e. The van der Waals surface area contributed by atoms with Crippen LogP contribution in [0.25, 0.3) is 33.8 Å². The second-order valence-corrected chi connectivity index (χ2v) is 7.28. The molecule has 0 saturated heterocycles. The molecule has 139 valence electrons. The van der Waals surface area contributed by atoms with E-state index in [1.165, 1.54) is 27.8 Å². The van der Waals surface area contributed by atoms with Gasteiger partial charge in [0.2, 0.25) is 0 Å². The third kappa shape index (κ3) is 6.34. The Morgan fingerprint density at radius 1 is 0.704 bits per heavy atom. The zero-order chi connectivity index (χ0) is 19.2. The molecule has 0 amide bonds. The Morgan fingerprint density at radius 3 is 1.59 bits per heavy atom. The van der Waals surface area contributed by atoms with Crippen molar-refractivity contribution in [1.29, 1.82) is 0 Å². The monoisotopic (exact) mass is 434 g/mol. The first-order valence-electron chi connectivity index (χ1n) is 8.71. The minimum absolute atomic E-state index is 0. The minimum Gasteiger partial charge on any atom is -0.674 e. The molecule has 3 rings (SSSR count). The zero-order valence-electron chi connectivity index (χ0n) is 16.3. The van der Waals surface area contributed by atoms with Gasteiger partial charge < -0.3 is 17.4 Å². The zero-order valence-corrected chi connectivity index (χ0v) is 19.1. The fourth-order valence-corrected chi connectivity index (χ4v) is 2.88. The molecule has 3 nitrogen and oxygen atoms in total. The molecule has 0 aliphatic heterocycles. The Morgan fingerprint density at radius 2 is 1.15 bits per heavy atom. The Labute approximate surface area is 188 Å². The van der Waals surface area contributed by atoms with Crippen molar-refractivity contribution in [2.45, 2.75) is 32.7 Å². The normalized spacial score (nSPS) is 10.4. The summed E-state index contributed by atoms with van der Waals surface area (Å²) in [6.07, 6.45) is 0. The van der Waals surface area contributed by atoms with Crippen molar-refractivity contribution in [3.63, 3.8) is 0 Å². The number of nitrogens with one attached hydrogen (secondary N) is 2. The van der Waals surface area contributed by atoms with Crippen LogP contribution < -0.4 is 5.84 Å². The molecule has 0 saturated carbocycles.